The van der Waals surface area contributed by atoms with Crippen LogP contribution in [-0.2, 0) is 16.0 Å². The van der Waals surface area contributed by atoms with E-state index in [9.17, 15) is 19.5 Å². The average Bonchev–Trinajstić information content (AvgIpc) is 3.06. The number of rotatable bonds is 8. The highest BCUT2D eigenvalue weighted by Crippen LogP contribution is 2.28. The van der Waals surface area contributed by atoms with Crippen LogP contribution in [0.4, 0.5) is 16.2 Å². The van der Waals surface area contributed by atoms with Crippen LogP contribution in [0.3, 0.4) is 0 Å². The number of aliphatic hydroxyl groups excluding tert-OH is 1. The summed E-state index contributed by atoms with van der Waals surface area (Å²) in [7, 11) is 1.72. The van der Waals surface area contributed by atoms with Crippen molar-refractivity contribution in [1.29, 1.82) is 0 Å². The van der Waals surface area contributed by atoms with Gasteiger partial charge in [0, 0.05) is 44.0 Å². The molecule has 0 aromatic heterocycles. The van der Waals surface area contributed by atoms with Gasteiger partial charge in [-0.05, 0) is 69.0 Å². The SMILES string of the molecule is C[C@@H]1CCCCO[C@@H](CN(C)C(=O)Nc2ccccc2)[C@H](C)CN([C@@H](C)CO)C(=O)c2cc(NC(=O)Cc3ccccc3)ccc2O1. The lowest BCUT2D eigenvalue weighted by atomic mass is 10.0. The van der Waals surface area contributed by atoms with Crippen molar-refractivity contribution in [2.24, 2.45) is 5.92 Å². The Morgan fingerprint density at radius 2 is 1.68 bits per heavy atom. The molecule has 1 aliphatic heterocycles. The topological polar surface area (TPSA) is 120 Å². The molecule has 0 bridgehead atoms. The highest BCUT2D eigenvalue weighted by atomic mass is 16.5. The summed E-state index contributed by atoms with van der Waals surface area (Å²) >= 11 is 0. The molecule has 3 aromatic carbocycles. The van der Waals surface area contributed by atoms with Gasteiger partial charge in [0.15, 0.2) is 0 Å². The molecule has 0 saturated carbocycles. The molecule has 1 aliphatic rings. The van der Waals surface area contributed by atoms with E-state index in [1.165, 1.54) is 0 Å². The number of fused-ring (bicyclic) bond motifs is 1. The van der Waals surface area contributed by atoms with Gasteiger partial charge in [0.2, 0.25) is 5.91 Å². The second kappa shape index (κ2) is 17.5. The fraction of sp³-hybridized carbons (Fsp3) is 0.432. The third kappa shape index (κ3) is 10.6. The number of anilines is 2. The molecule has 10 heteroatoms. The van der Waals surface area contributed by atoms with Crippen LogP contribution >= 0.6 is 0 Å². The Hall–Kier alpha value is -4.41. The number of carbonyl (C=O) groups is 3. The van der Waals surface area contributed by atoms with Crippen LogP contribution in [0.2, 0.25) is 0 Å². The van der Waals surface area contributed by atoms with E-state index >= 15 is 0 Å². The first kappa shape index (κ1) is 35.4. The third-order valence-corrected chi connectivity index (χ3v) is 8.37. The molecule has 10 nitrogen and oxygen atoms in total. The summed E-state index contributed by atoms with van der Waals surface area (Å²) in [5, 5.41) is 16.0. The van der Waals surface area contributed by atoms with Gasteiger partial charge < -0.3 is 35.0 Å². The zero-order valence-corrected chi connectivity index (χ0v) is 27.9. The van der Waals surface area contributed by atoms with Crippen LogP contribution in [0, 0.1) is 5.92 Å². The molecular weight excluding hydrogens is 596 g/mol. The summed E-state index contributed by atoms with van der Waals surface area (Å²) in [5.41, 5.74) is 2.36. The van der Waals surface area contributed by atoms with Crippen LogP contribution in [0.25, 0.3) is 0 Å². The second-order valence-corrected chi connectivity index (χ2v) is 12.4. The van der Waals surface area contributed by atoms with Gasteiger partial charge in [-0.15, -0.1) is 0 Å². The number of urea groups is 1. The minimum Gasteiger partial charge on any atom is -0.490 e. The first-order valence-electron chi connectivity index (χ1n) is 16.4. The maximum absolute atomic E-state index is 14.3. The predicted molar refractivity (Wildman–Crippen MR) is 184 cm³/mol. The van der Waals surface area contributed by atoms with Crippen molar-refractivity contribution < 1.29 is 29.0 Å². The number of amides is 4. The lowest BCUT2D eigenvalue weighted by molar-refractivity contribution is -0.115. The Kier molecular flexibility index (Phi) is 13.2. The first-order chi connectivity index (χ1) is 22.6. The van der Waals surface area contributed by atoms with Crippen molar-refractivity contribution in [1.82, 2.24) is 9.80 Å². The summed E-state index contributed by atoms with van der Waals surface area (Å²) in [6.45, 7) is 6.57. The maximum Gasteiger partial charge on any atom is 0.321 e. The number of ether oxygens (including phenoxy) is 2. The number of hydrogen-bond acceptors (Lipinski definition) is 6. The molecule has 4 atom stereocenters. The smallest absolute Gasteiger partial charge is 0.321 e. The third-order valence-electron chi connectivity index (χ3n) is 8.37. The van der Waals surface area contributed by atoms with E-state index in [0.29, 0.717) is 35.8 Å². The Balaban J connectivity index is 1.58. The molecule has 0 radical (unpaired) electrons. The largest absolute Gasteiger partial charge is 0.490 e. The van der Waals surface area contributed by atoms with Crippen molar-refractivity contribution >= 4 is 29.2 Å². The average molecular weight is 645 g/mol. The van der Waals surface area contributed by atoms with E-state index < -0.39 is 6.04 Å². The Bertz CT molecular complexity index is 1450. The Morgan fingerprint density at radius 1 is 0.979 bits per heavy atom. The van der Waals surface area contributed by atoms with Gasteiger partial charge in [0.1, 0.15) is 5.75 Å². The number of carbonyl (C=O) groups excluding carboxylic acids is 3. The number of para-hydroxylation sites is 1. The quantitative estimate of drug-likeness (QED) is 0.284. The number of benzene rings is 3. The van der Waals surface area contributed by atoms with Crippen molar-refractivity contribution in [2.75, 3.05) is 44.0 Å². The fourth-order valence-electron chi connectivity index (χ4n) is 5.54. The van der Waals surface area contributed by atoms with Crippen LogP contribution in [-0.4, -0.2) is 84.4 Å². The predicted octanol–water partition coefficient (Wildman–Crippen LogP) is 5.83. The zero-order valence-electron chi connectivity index (χ0n) is 27.9. The Labute approximate surface area is 278 Å². The highest BCUT2D eigenvalue weighted by molar-refractivity contribution is 6.00. The number of likely N-dealkylation sites (N-methyl/N-ethyl adjacent to an activating group) is 1. The summed E-state index contributed by atoms with van der Waals surface area (Å²) in [6, 6.07) is 23.1. The standard InChI is InChI=1S/C37H48N4O6/c1-26-23-41(27(2)25-42)36(44)32-22-31(38-35(43)21-29-14-7-5-8-15-29)18-19-33(32)47-28(3)13-11-12-20-46-34(26)24-40(4)37(45)39-30-16-9-6-10-17-30/h5-10,14-19,22,26-28,34,42H,11-13,20-21,23-25H2,1-4H3,(H,38,43)(H,39,45)/t26-,27+,28-,34+/m1/s1. The van der Waals surface area contributed by atoms with E-state index in [1.807, 2.05) is 74.5 Å². The number of aliphatic hydroxyl groups is 1. The fourth-order valence-corrected chi connectivity index (χ4v) is 5.54. The van der Waals surface area contributed by atoms with Gasteiger partial charge >= 0.3 is 6.03 Å². The molecule has 0 fully saturated rings. The molecule has 252 valence electrons. The summed E-state index contributed by atoms with van der Waals surface area (Å²) in [6.07, 6.45) is 2.08. The normalized spacial score (nSPS) is 19.8. The highest BCUT2D eigenvalue weighted by Gasteiger charge is 2.31. The maximum atomic E-state index is 14.3. The lowest BCUT2D eigenvalue weighted by Crippen LogP contribution is -2.48. The van der Waals surface area contributed by atoms with Gasteiger partial charge in [-0.3, -0.25) is 9.59 Å². The van der Waals surface area contributed by atoms with Gasteiger partial charge in [-0.2, -0.15) is 0 Å². The van der Waals surface area contributed by atoms with E-state index in [4.69, 9.17) is 9.47 Å². The molecule has 3 aromatic rings. The van der Waals surface area contributed by atoms with Crippen LogP contribution in [0.5, 0.6) is 5.75 Å². The first-order valence-corrected chi connectivity index (χ1v) is 16.4. The monoisotopic (exact) mass is 644 g/mol. The van der Waals surface area contributed by atoms with Crippen molar-refractivity contribution in [3.05, 3.63) is 90.0 Å². The number of nitrogens with one attached hydrogen (secondary N) is 2. The summed E-state index contributed by atoms with van der Waals surface area (Å²) in [4.78, 5) is 43.5. The molecular formula is C37H48N4O6. The number of nitrogens with zero attached hydrogens (tertiary/aromatic N) is 2. The molecule has 47 heavy (non-hydrogen) atoms. The molecule has 1 heterocycles. The molecule has 3 N–H and O–H groups in total. The minimum atomic E-state index is -0.515. The molecule has 0 saturated heterocycles. The van der Waals surface area contributed by atoms with Gasteiger partial charge in [0.25, 0.3) is 5.91 Å². The number of hydrogen-bond donors (Lipinski definition) is 3. The molecule has 4 rings (SSSR count). The lowest BCUT2D eigenvalue weighted by Gasteiger charge is -2.35. The van der Waals surface area contributed by atoms with Crippen LogP contribution < -0.4 is 15.4 Å². The molecule has 0 spiro atoms. The van der Waals surface area contributed by atoms with Crippen LogP contribution in [0.1, 0.15) is 56.0 Å². The van der Waals surface area contributed by atoms with Crippen molar-refractivity contribution in [3.63, 3.8) is 0 Å². The van der Waals surface area contributed by atoms with E-state index in [0.717, 1.165) is 24.8 Å². The molecule has 0 aliphatic carbocycles. The van der Waals surface area contributed by atoms with Crippen LogP contribution in [0.15, 0.2) is 78.9 Å². The Morgan fingerprint density at radius 3 is 2.38 bits per heavy atom. The zero-order chi connectivity index (χ0) is 33.8. The minimum absolute atomic E-state index is 0.172. The van der Waals surface area contributed by atoms with Gasteiger partial charge in [-0.25, -0.2) is 4.79 Å². The van der Waals surface area contributed by atoms with E-state index in [1.54, 1.807) is 42.0 Å². The summed E-state index contributed by atoms with van der Waals surface area (Å²) < 4.78 is 12.7. The molecule has 4 amide bonds. The van der Waals surface area contributed by atoms with Crippen molar-refractivity contribution in [2.45, 2.75) is 64.7 Å². The summed E-state index contributed by atoms with van der Waals surface area (Å²) in [5.74, 6) is -0.299. The van der Waals surface area contributed by atoms with Gasteiger partial charge in [-0.1, -0.05) is 55.5 Å². The van der Waals surface area contributed by atoms with Crippen molar-refractivity contribution in [3.8, 4) is 5.75 Å². The second-order valence-electron chi connectivity index (χ2n) is 12.4. The van der Waals surface area contributed by atoms with Gasteiger partial charge in [0.05, 0.1) is 36.8 Å². The van der Waals surface area contributed by atoms with E-state index in [2.05, 4.69) is 10.6 Å². The van der Waals surface area contributed by atoms with E-state index in [-0.39, 0.29) is 55.5 Å². The molecule has 0 unspecified atom stereocenters.